The summed E-state index contributed by atoms with van der Waals surface area (Å²) in [4.78, 5) is 16.5. The summed E-state index contributed by atoms with van der Waals surface area (Å²) >= 11 is -3.90. The van der Waals surface area contributed by atoms with Gasteiger partial charge in [-0.15, -0.1) is 0 Å². The van der Waals surface area contributed by atoms with Crippen LogP contribution in [0.1, 0.15) is 0 Å². The molecule has 0 rings (SSSR count). The maximum absolute atomic E-state index is 2.74. The summed E-state index contributed by atoms with van der Waals surface area (Å²) < 4.78 is 0.948. The van der Waals surface area contributed by atoms with Gasteiger partial charge in [0, 0.05) is 0 Å². The van der Waals surface area contributed by atoms with Crippen molar-refractivity contribution in [3.05, 3.63) is 0 Å². The second-order valence-corrected chi connectivity index (χ2v) is 60.5. The molecule has 17 heavy (non-hydrogen) atoms. The molecule has 4 heteroatoms. The van der Waals surface area contributed by atoms with E-state index in [0.29, 0.717) is 0 Å². The minimum absolute atomic E-state index is 0.948. The van der Waals surface area contributed by atoms with Gasteiger partial charge >= 0.3 is 123 Å². The van der Waals surface area contributed by atoms with E-state index < -0.39 is 52.9 Å². The van der Waals surface area contributed by atoms with Gasteiger partial charge in [0.1, 0.15) is 0 Å². The van der Waals surface area contributed by atoms with E-state index in [1.807, 2.05) is 0 Å². The first kappa shape index (κ1) is 19.0. The first-order valence-electron chi connectivity index (χ1n) is 7.00. The average Bonchev–Trinajstić information content (AvgIpc) is 1.67. The van der Waals surface area contributed by atoms with Crippen molar-refractivity contribution in [3.8, 4) is 0 Å². The maximum atomic E-state index is 2.74. The van der Waals surface area contributed by atoms with E-state index >= 15 is 0 Å². The predicted octanol–water partition coefficient (Wildman–Crippen LogP) is 5.70. The second kappa shape index (κ2) is 5.10. The molecule has 0 bridgehead atoms. The van der Waals surface area contributed by atoms with Crippen LogP contribution < -0.4 is 0 Å². The molecule has 0 atom stereocenters. The zero-order chi connectivity index (χ0) is 14.5. The topological polar surface area (TPSA) is 0 Å². The first-order chi connectivity index (χ1) is 7.00. The summed E-state index contributed by atoms with van der Waals surface area (Å²) in [6.07, 6.45) is 0. The van der Waals surface area contributed by atoms with Crippen LogP contribution in [0, 0.1) is 0 Å². The van der Waals surface area contributed by atoms with Gasteiger partial charge in [-0.05, 0) is 0 Å². The van der Waals surface area contributed by atoms with Gasteiger partial charge < -0.3 is 0 Å². The fourth-order valence-corrected chi connectivity index (χ4v) is 151. The van der Waals surface area contributed by atoms with Crippen molar-refractivity contribution in [1.29, 1.82) is 0 Å². The molecule has 104 valence electrons. The first-order valence-corrected chi connectivity index (χ1v) is 34.0. The van der Waals surface area contributed by atoms with Gasteiger partial charge in [-0.1, -0.05) is 0 Å². The molecule has 0 aromatic carbocycles. The molecule has 0 aromatic rings. The van der Waals surface area contributed by atoms with Crippen LogP contribution in [0.5, 0.6) is 0 Å². The standard InChI is InChI=1S/C7H18Si2.6CH3.2Sn/c1-8(2,3)7-9(4,5)6;;;;;;;;/h1-6H3;6*1H3;;. The van der Waals surface area contributed by atoms with Gasteiger partial charge in [-0.3, -0.25) is 0 Å². The van der Waals surface area contributed by atoms with Crippen LogP contribution in [0.3, 0.4) is 0 Å². The molecule has 0 saturated carbocycles. The Labute approximate surface area is 121 Å². The quantitative estimate of drug-likeness (QED) is 0.448. The Morgan fingerprint density at radius 3 is 0.706 bits per heavy atom. The van der Waals surface area contributed by atoms with Crippen LogP contribution in [0.15, 0.2) is 0 Å². The zero-order valence-corrected chi connectivity index (χ0v) is 22.2. The summed E-state index contributed by atoms with van der Waals surface area (Å²) in [6.45, 7) is 16.1. The van der Waals surface area contributed by atoms with Crippen LogP contribution in [0.4, 0.5) is 0 Å². The van der Waals surface area contributed by atoms with E-state index in [1.54, 1.807) is 0 Å². The van der Waals surface area contributed by atoms with Gasteiger partial charge in [0.05, 0.1) is 0 Å². The number of rotatable bonds is 4. The molecule has 0 aromatic heterocycles. The van der Waals surface area contributed by atoms with Crippen molar-refractivity contribution >= 4 is 52.9 Å². The van der Waals surface area contributed by atoms with Crippen LogP contribution >= 0.6 is 0 Å². The van der Waals surface area contributed by atoms with Gasteiger partial charge in [-0.2, -0.15) is 0 Å². The Balaban J connectivity index is 6.37. The zero-order valence-electron chi connectivity index (χ0n) is 14.5. The van der Waals surface area contributed by atoms with E-state index in [1.165, 1.54) is 0 Å². The number of hydrogen-bond donors (Lipinski definition) is 0. The summed E-state index contributed by atoms with van der Waals surface area (Å²) in [5.74, 6) is 0. The van der Waals surface area contributed by atoms with Gasteiger partial charge in [0.25, 0.3) is 0 Å². The summed E-state index contributed by atoms with van der Waals surface area (Å²) in [6, 6.07) is 0. The molecule has 0 aliphatic heterocycles. The molecule has 0 aliphatic rings. The fraction of sp³-hybridized carbons (Fsp3) is 1.00. The Morgan fingerprint density at radius 1 is 0.529 bits per heavy atom. The van der Waals surface area contributed by atoms with E-state index in [9.17, 15) is 0 Å². The van der Waals surface area contributed by atoms with E-state index in [-0.39, 0.29) is 0 Å². The average molecular weight is 486 g/mol. The molecule has 0 aliphatic carbocycles. The molecule has 0 fully saturated rings. The Bertz CT molecular complexity index is 210. The van der Waals surface area contributed by atoms with Crippen molar-refractivity contribution < 1.29 is 0 Å². The van der Waals surface area contributed by atoms with Gasteiger partial charge in [0.2, 0.25) is 0 Å². The third-order valence-electron chi connectivity index (χ3n) is 4.50. The Morgan fingerprint density at radius 2 is 0.706 bits per heavy atom. The molecule has 0 N–H and O–H groups in total. The molecule has 0 radical (unpaired) electrons. The van der Waals surface area contributed by atoms with Crippen LogP contribution in [0.2, 0.25) is 69.6 Å². The minimum atomic E-state index is -1.95. The van der Waals surface area contributed by atoms with E-state index in [4.69, 9.17) is 0 Å². The Hall–Kier alpha value is 2.03. The Kier molecular flexibility index (Phi) is 5.71. The van der Waals surface area contributed by atoms with E-state index in [2.05, 4.69) is 68.9 Å². The molecule has 0 nitrogen and oxygen atoms in total. The molecule has 0 unspecified atom stereocenters. The summed E-state index contributed by atoms with van der Waals surface area (Å²) in [5.41, 5.74) is 0. The molecule has 0 saturated heterocycles. The normalized spacial score (nSPS) is 16.2. The van der Waals surface area contributed by atoms with Crippen molar-refractivity contribution in [2.24, 2.45) is 0 Å². The second-order valence-electron chi connectivity index (χ2n) is 9.75. The van der Waals surface area contributed by atoms with Crippen molar-refractivity contribution in [3.63, 3.8) is 0 Å². The predicted molar refractivity (Wildman–Crippen MR) is 96.1 cm³/mol. The van der Waals surface area contributed by atoms with E-state index in [0.717, 1.165) is 0.693 Å². The van der Waals surface area contributed by atoms with Crippen molar-refractivity contribution in [2.45, 2.75) is 69.6 Å². The number of hydrogen-bond acceptors (Lipinski definition) is 0. The third kappa shape index (κ3) is 3.20. The molecular weight excluding hydrogens is 450 g/mol. The molecule has 0 amide bonds. The van der Waals surface area contributed by atoms with Crippen LogP contribution in [-0.4, -0.2) is 52.9 Å². The molecule has 0 heterocycles. The molecular formula is C13H36Si2Sn2. The van der Waals surface area contributed by atoms with Crippen LogP contribution in [-0.2, 0) is 0 Å². The fourth-order valence-electron chi connectivity index (χ4n) is 6.75. The van der Waals surface area contributed by atoms with Crippen LogP contribution in [0.25, 0.3) is 0 Å². The SMILES string of the molecule is C[Si](C)(C)[C]([Si](C)(C)C)([Sn]([CH3])([CH3])[CH3])[Sn]([CH3])([CH3])[CH3]. The van der Waals surface area contributed by atoms with Gasteiger partial charge in [-0.25, -0.2) is 0 Å². The third-order valence-corrected chi connectivity index (χ3v) is 101. The monoisotopic (exact) mass is 488 g/mol. The van der Waals surface area contributed by atoms with Crippen molar-refractivity contribution in [1.82, 2.24) is 0 Å². The summed E-state index contributed by atoms with van der Waals surface area (Å²) in [5, 5.41) is 0. The molecule has 0 spiro atoms. The van der Waals surface area contributed by atoms with Crippen molar-refractivity contribution in [2.75, 3.05) is 0 Å². The van der Waals surface area contributed by atoms with Gasteiger partial charge in [0.15, 0.2) is 0 Å². The summed E-state index contributed by atoms with van der Waals surface area (Å²) in [7, 11) is -2.19.